The quantitative estimate of drug-likeness (QED) is 0.503. The summed E-state index contributed by atoms with van der Waals surface area (Å²) >= 11 is 3.25. The van der Waals surface area contributed by atoms with E-state index < -0.39 is 5.97 Å². The molecule has 0 bridgehead atoms. The summed E-state index contributed by atoms with van der Waals surface area (Å²) in [5.41, 5.74) is 0.473. The number of phenols is 1. The zero-order chi connectivity index (χ0) is 19.1. The molecule has 27 heavy (non-hydrogen) atoms. The molecule has 0 aliphatic rings. The lowest BCUT2D eigenvalue weighted by atomic mass is 10.2. The van der Waals surface area contributed by atoms with Crippen LogP contribution >= 0.6 is 15.9 Å². The molecule has 4 aromatic rings. The van der Waals surface area contributed by atoms with E-state index in [1.54, 1.807) is 41.8 Å². The summed E-state index contributed by atoms with van der Waals surface area (Å²) in [5.74, 6) is -0.170. The molecule has 0 unspecified atom stereocenters. The Hall–Kier alpha value is -3.20. The Balaban J connectivity index is 1.74. The number of rotatable bonds is 3. The molecule has 9 heteroatoms. The van der Waals surface area contributed by atoms with E-state index in [1.807, 2.05) is 0 Å². The second-order valence-electron chi connectivity index (χ2n) is 5.87. The van der Waals surface area contributed by atoms with E-state index in [2.05, 4.69) is 26.1 Å². The topological polar surface area (TPSA) is 98.7 Å². The molecule has 0 atom stereocenters. The van der Waals surface area contributed by atoms with Crippen molar-refractivity contribution in [3.63, 3.8) is 0 Å². The second-order valence-corrected chi connectivity index (χ2v) is 6.79. The second kappa shape index (κ2) is 6.51. The number of benzene rings is 2. The number of fused-ring (bicyclic) bond motifs is 3. The summed E-state index contributed by atoms with van der Waals surface area (Å²) in [7, 11) is 1.61. The maximum atomic E-state index is 12.4. The van der Waals surface area contributed by atoms with Gasteiger partial charge in [-0.1, -0.05) is 28.1 Å². The number of esters is 1. The lowest BCUT2D eigenvalue weighted by Crippen LogP contribution is -2.20. The molecule has 2 heterocycles. The third kappa shape index (κ3) is 2.85. The van der Waals surface area contributed by atoms with Gasteiger partial charge in [0.1, 0.15) is 11.3 Å². The number of hydrogen-bond donors (Lipinski definition) is 1. The molecular formula is C18H13BrN4O4. The highest BCUT2D eigenvalue weighted by Crippen LogP contribution is 2.23. The summed E-state index contributed by atoms with van der Waals surface area (Å²) < 4.78 is 9.01. The first-order valence-corrected chi connectivity index (χ1v) is 8.74. The van der Waals surface area contributed by atoms with E-state index in [-0.39, 0.29) is 23.5 Å². The molecule has 0 aliphatic carbocycles. The monoisotopic (exact) mass is 428 g/mol. The van der Waals surface area contributed by atoms with Crippen molar-refractivity contribution in [2.45, 2.75) is 6.61 Å². The van der Waals surface area contributed by atoms with E-state index in [4.69, 9.17) is 4.74 Å². The molecule has 4 rings (SSSR count). The third-order valence-electron chi connectivity index (χ3n) is 4.20. The number of aromatic hydroxyl groups is 1. The maximum Gasteiger partial charge on any atom is 0.342 e. The Morgan fingerprint density at radius 2 is 2.00 bits per heavy atom. The van der Waals surface area contributed by atoms with Gasteiger partial charge in [0.05, 0.1) is 10.9 Å². The number of para-hydroxylation sites is 1. The first-order valence-electron chi connectivity index (χ1n) is 7.95. The van der Waals surface area contributed by atoms with Gasteiger partial charge in [-0.05, 0) is 30.3 Å². The van der Waals surface area contributed by atoms with E-state index in [1.165, 1.54) is 16.7 Å². The van der Waals surface area contributed by atoms with Crippen LogP contribution in [0, 0.1) is 0 Å². The Labute approximate surface area is 160 Å². The van der Waals surface area contributed by atoms with Gasteiger partial charge in [0.25, 0.3) is 5.56 Å². The zero-order valence-corrected chi connectivity index (χ0v) is 15.7. The average molecular weight is 429 g/mol. The predicted molar refractivity (Wildman–Crippen MR) is 101 cm³/mol. The van der Waals surface area contributed by atoms with E-state index >= 15 is 0 Å². The van der Waals surface area contributed by atoms with Crippen LogP contribution < -0.4 is 5.56 Å². The summed E-state index contributed by atoms with van der Waals surface area (Å²) in [6.45, 7) is -0.172. The van der Waals surface area contributed by atoms with Crippen LogP contribution in [0.4, 0.5) is 0 Å². The van der Waals surface area contributed by atoms with Gasteiger partial charge in [0.15, 0.2) is 12.4 Å². The molecule has 0 radical (unpaired) electrons. The molecular weight excluding hydrogens is 416 g/mol. The molecule has 2 aromatic carbocycles. The number of aryl methyl sites for hydroxylation is 1. The van der Waals surface area contributed by atoms with Crippen molar-refractivity contribution in [3.05, 3.63) is 68.7 Å². The molecule has 0 saturated heterocycles. The lowest BCUT2D eigenvalue weighted by Gasteiger charge is -2.09. The Morgan fingerprint density at radius 1 is 1.22 bits per heavy atom. The van der Waals surface area contributed by atoms with Crippen molar-refractivity contribution < 1.29 is 14.6 Å². The number of halogens is 1. The minimum absolute atomic E-state index is 0.0375. The standard InChI is InChI=1S/C18H13BrN4O4/c1-22-16(25)11-4-2-3-5-13(11)23-15(20-21-18(22)23)9-27-17(26)12-8-10(19)6-7-14(12)24/h2-8,24H,9H2,1H3. The molecule has 8 nitrogen and oxygen atoms in total. The number of hydrogen-bond acceptors (Lipinski definition) is 6. The number of ether oxygens (including phenoxy) is 1. The van der Waals surface area contributed by atoms with Crippen molar-refractivity contribution in [1.29, 1.82) is 0 Å². The van der Waals surface area contributed by atoms with Gasteiger partial charge in [0, 0.05) is 11.5 Å². The Morgan fingerprint density at radius 3 is 2.81 bits per heavy atom. The van der Waals surface area contributed by atoms with Gasteiger partial charge in [-0.25, -0.2) is 4.79 Å². The van der Waals surface area contributed by atoms with Crippen molar-refractivity contribution in [2.75, 3.05) is 0 Å². The summed E-state index contributed by atoms with van der Waals surface area (Å²) in [4.78, 5) is 24.8. The van der Waals surface area contributed by atoms with Crippen LogP contribution in [0.15, 0.2) is 51.7 Å². The molecule has 1 N–H and O–H groups in total. The van der Waals surface area contributed by atoms with Crippen LogP contribution in [0.3, 0.4) is 0 Å². The summed E-state index contributed by atoms with van der Waals surface area (Å²) in [6.07, 6.45) is 0. The fraction of sp³-hybridized carbons (Fsp3) is 0.111. The molecule has 0 amide bonds. The van der Waals surface area contributed by atoms with Crippen molar-refractivity contribution in [3.8, 4) is 5.75 Å². The third-order valence-corrected chi connectivity index (χ3v) is 4.70. The van der Waals surface area contributed by atoms with Gasteiger partial charge in [-0.15, -0.1) is 10.2 Å². The average Bonchev–Trinajstić information content (AvgIpc) is 3.10. The van der Waals surface area contributed by atoms with E-state index in [0.717, 1.165) is 0 Å². The first kappa shape index (κ1) is 17.2. The number of carbonyl (C=O) groups excluding carboxylic acids is 1. The fourth-order valence-electron chi connectivity index (χ4n) is 2.87. The highest BCUT2D eigenvalue weighted by atomic mass is 79.9. The van der Waals surface area contributed by atoms with Crippen molar-refractivity contribution in [2.24, 2.45) is 7.05 Å². The number of aromatic nitrogens is 4. The van der Waals surface area contributed by atoms with Crippen LogP contribution in [0.1, 0.15) is 16.2 Å². The maximum absolute atomic E-state index is 12.4. The first-order chi connectivity index (χ1) is 13.0. The summed E-state index contributed by atoms with van der Waals surface area (Å²) in [5, 5.41) is 18.5. The van der Waals surface area contributed by atoms with E-state index in [9.17, 15) is 14.7 Å². The minimum Gasteiger partial charge on any atom is -0.507 e. The van der Waals surface area contributed by atoms with Crippen molar-refractivity contribution >= 4 is 38.6 Å². The number of phenolic OH excluding ortho intramolecular Hbond substituents is 1. The Kier molecular flexibility index (Phi) is 4.15. The lowest BCUT2D eigenvalue weighted by molar-refractivity contribution is 0.0458. The zero-order valence-electron chi connectivity index (χ0n) is 14.1. The van der Waals surface area contributed by atoms with Crippen LogP contribution in [-0.2, 0) is 18.4 Å². The van der Waals surface area contributed by atoms with Gasteiger partial charge < -0.3 is 9.84 Å². The fourth-order valence-corrected chi connectivity index (χ4v) is 3.23. The molecule has 0 saturated carbocycles. The molecule has 0 fully saturated rings. The minimum atomic E-state index is -0.695. The largest absolute Gasteiger partial charge is 0.507 e. The van der Waals surface area contributed by atoms with Crippen LogP contribution in [0.2, 0.25) is 0 Å². The molecule has 0 spiro atoms. The highest BCUT2D eigenvalue weighted by molar-refractivity contribution is 9.10. The van der Waals surface area contributed by atoms with Gasteiger partial charge >= 0.3 is 5.97 Å². The van der Waals surface area contributed by atoms with Gasteiger partial charge in [0.2, 0.25) is 5.78 Å². The molecule has 136 valence electrons. The highest BCUT2D eigenvalue weighted by Gasteiger charge is 2.18. The van der Waals surface area contributed by atoms with E-state index in [0.29, 0.717) is 27.0 Å². The van der Waals surface area contributed by atoms with Crippen LogP contribution in [0.5, 0.6) is 5.75 Å². The number of carbonyl (C=O) groups is 1. The predicted octanol–water partition coefficient (Wildman–Crippen LogP) is 2.41. The Bertz CT molecular complexity index is 1260. The smallest absolute Gasteiger partial charge is 0.342 e. The molecule has 2 aromatic heterocycles. The van der Waals surface area contributed by atoms with Crippen LogP contribution in [0.25, 0.3) is 16.7 Å². The van der Waals surface area contributed by atoms with Gasteiger partial charge in [-0.2, -0.15) is 0 Å². The normalized spacial score (nSPS) is 11.2. The molecule has 0 aliphatic heterocycles. The SMILES string of the molecule is Cn1c(=O)c2ccccc2n2c(COC(=O)c3cc(Br)ccc3O)nnc12. The summed E-state index contributed by atoms with van der Waals surface area (Å²) in [6, 6.07) is 11.6. The van der Waals surface area contributed by atoms with Crippen molar-refractivity contribution in [1.82, 2.24) is 19.2 Å². The number of nitrogens with zero attached hydrogens (tertiary/aromatic N) is 4. The van der Waals surface area contributed by atoms with Crippen LogP contribution in [-0.4, -0.2) is 30.2 Å². The van der Waals surface area contributed by atoms with Gasteiger partial charge in [-0.3, -0.25) is 13.8 Å².